The molecule has 77 heavy (non-hydrogen) atoms. The number of carbonyl (C=O) groups is 10. The fraction of sp³-hybridized carbons (Fsp3) is 0.686. The standard InChI is InChI=1S/C51H89N15O11/c1-7-57-51(77)41(31(6)67)66-48(74)38(21-25-55)63-46(72)35(14-11-22-52)62-49(75)39(26-28(2)3)64-50(76)40(27-32-12-9-8-10-13-32)65-47(73)37(20-24-54)61-43(69)30(5)59-45(71)36(19-23-53)60-42(68)29(4)58-44(70)33-15-17-34(56)18-16-33/h8-10,12-13,28-31,33-41,67H,7,11,14-27,52-56H2,1-6H3,(H,57,77)(H,58,70)(H,59,71)(H,60,68)(H,61,69)(H,62,75)(H,63,72)(H,64,76)(H,65,73)(H,66,74)/t29-,30-,31?,33?,34?,35-,36-,37-,38-,39-,40+,41-/m0/s1. The number of hydrogen-bond donors (Lipinski definition) is 16. The number of nitrogens with one attached hydrogen (secondary N) is 10. The lowest BCUT2D eigenvalue weighted by molar-refractivity contribution is -0.136. The first-order valence-electron chi connectivity index (χ1n) is 26.8. The molecule has 0 spiro atoms. The molecule has 26 nitrogen and oxygen atoms in total. The quantitative estimate of drug-likeness (QED) is 0.0309. The van der Waals surface area contributed by atoms with Crippen molar-refractivity contribution in [2.24, 2.45) is 40.5 Å². The molecular weight excluding hydrogens is 999 g/mol. The summed E-state index contributed by atoms with van der Waals surface area (Å²) in [6, 6.07) is -2.56. The van der Waals surface area contributed by atoms with Gasteiger partial charge in [-0.1, -0.05) is 44.2 Å². The number of nitrogens with two attached hydrogens (primary N) is 5. The van der Waals surface area contributed by atoms with Crippen LogP contribution in [0.1, 0.15) is 111 Å². The van der Waals surface area contributed by atoms with Crippen LogP contribution in [0.25, 0.3) is 0 Å². The lowest BCUT2D eigenvalue weighted by Crippen LogP contribution is -2.61. The van der Waals surface area contributed by atoms with Crippen LogP contribution in [0.5, 0.6) is 0 Å². The molecule has 0 aromatic heterocycles. The van der Waals surface area contributed by atoms with Crippen molar-refractivity contribution in [1.82, 2.24) is 53.2 Å². The number of benzene rings is 1. The number of likely N-dealkylation sites (N-methyl/N-ethyl adjacent to an activating group) is 1. The van der Waals surface area contributed by atoms with Crippen LogP contribution in [-0.2, 0) is 54.4 Å². The molecule has 1 unspecified atom stereocenters. The lowest BCUT2D eigenvalue weighted by atomic mass is 9.86. The van der Waals surface area contributed by atoms with E-state index in [1.807, 2.05) is 0 Å². The smallest absolute Gasteiger partial charge is 0.245 e. The Balaban J connectivity index is 2.29. The summed E-state index contributed by atoms with van der Waals surface area (Å²) >= 11 is 0. The fourth-order valence-electron chi connectivity index (χ4n) is 8.44. The van der Waals surface area contributed by atoms with E-state index in [-0.39, 0.29) is 101 Å². The van der Waals surface area contributed by atoms with E-state index in [0.29, 0.717) is 31.2 Å². The van der Waals surface area contributed by atoms with E-state index >= 15 is 0 Å². The summed E-state index contributed by atoms with van der Waals surface area (Å²) in [6.07, 6.45) is 1.40. The van der Waals surface area contributed by atoms with Crippen LogP contribution < -0.4 is 81.8 Å². The van der Waals surface area contributed by atoms with E-state index in [1.165, 1.54) is 20.8 Å². The number of aliphatic hydroxyl groups excluding tert-OH is 1. The van der Waals surface area contributed by atoms with Gasteiger partial charge in [-0.05, 0) is 130 Å². The van der Waals surface area contributed by atoms with Crippen molar-refractivity contribution >= 4 is 59.1 Å². The van der Waals surface area contributed by atoms with Gasteiger partial charge in [0.25, 0.3) is 0 Å². The Kier molecular flexibility index (Phi) is 30.5. The Morgan fingerprint density at radius 2 is 0.922 bits per heavy atom. The fourth-order valence-corrected chi connectivity index (χ4v) is 8.44. The zero-order valence-electron chi connectivity index (χ0n) is 45.6. The minimum Gasteiger partial charge on any atom is -0.391 e. The second-order valence-corrected chi connectivity index (χ2v) is 20.0. The summed E-state index contributed by atoms with van der Waals surface area (Å²) < 4.78 is 0. The summed E-state index contributed by atoms with van der Waals surface area (Å²) in [4.78, 5) is 136. The molecule has 1 fully saturated rings. The first kappa shape index (κ1) is 66.8. The van der Waals surface area contributed by atoms with Gasteiger partial charge in [-0.25, -0.2) is 0 Å². The first-order valence-corrected chi connectivity index (χ1v) is 26.8. The van der Waals surface area contributed by atoms with Gasteiger partial charge in [0, 0.05) is 24.9 Å². The molecule has 0 aliphatic heterocycles. The number of amides is 10. The molecular formula is C51H89N15O11. The highest BCUT2D eigenvalue weighted by Gasteiger charge is 2.36. The van der Waals surface area contributed by atoms with Gasteiger partial charge in [-0.2, -0.15) is 0 Å². The SMILES string of the molecule is CCNC(=O)[C@@H](NC(=O)[C@H](CCN)NC(=O)[C@H](CCCN)NC(=O)[C@H](CC(C)C)NC(=O)[C@@H](Cc1ccccc1)NC(=O)[C@H](CCN)NC(=O)[C@H](C)NC(=O)[C@H](CCN)NC(=O)[C@H](C)NC(=O)C1CCC(N)CC1)C(C)O. The van der Waals surface area contributed by atoms with Gasteiger partial charge in [-0.15, -0.1) is 0 Å². The largest absolute Gasteiger partial charge is 0.391 e. The highest BCUT2D eigenvalue weighted by molar-refractivity contribution is 5.98. The van der Waals surface area contributed by atoms with Crippen molar-refractivity contribution in [2.45, 2.75) is 179 Å². The van der Waals surface area contributed by atoms with Gasteiger partial charge in [-0.3, -0.25) is 47.9 Å². The highest BCUT2D eigenvalue weighted by Crippen LogP contribution is 2.23. The van der Waals surface area contributed by atoms with Crippen molar-refractivity contribution in [3.8, 4) is 0 Å². The van der Waals surface area contributed by atoms with Crippen molar-refractivity contribution in [3.63, 3.8) is 0 Å². The summed E-state index contributed by atoms with van der Waals surface area (Å²) in [7, 11) is 0. The number of carbonyl (C=O) groups excluding carboxylic acids is 10. The first-order chi connectivity index (χ1) is 36.5. The Morgan fingerprint density at radius 3 is 1.39 bits per heavy atom. The van der Waals surface area contributed by atoms with E-state index in [4.69, 9.17) is 28.7 Å². The minimum atomic E-state index is -1.34. The molecule has 434 valence electrons. The predicted molar refractivity (Wildman–Crippen MR) is 288 cm³/mol. The van der Waals surface area contributed by atoms with Gasteiger partial charge in [0.05, 0.1) is 6.10 Å². The molecule has 0 heterocycles. The second kappa shape index (κ2) is 35.2. The molecule has 0 saturated heterocycles. The third kappa shape index (κ3) is 23.9. The Morgan fingerprint density at radius 1 is 0.506 bits per heavy atom. The van der Waals surface area contributed by atoms with Crippen LogP contribution in [-0.4, -0.2) is 163 Å². The van der Waals surface area contributed by atoms with E-state index in [9.17, 15) is 53.1 Å². The predicted octanol–water partition coefficient (Wildman–Crippen LogP) is -4.50. The Labute approximate surface area is 451 Å². The molecule has 10 atom stereocenters. The van der Waals surface area contributed by atoms with Crippen molar-refractivity contribution in [1.29, 1.82) is 0 Å². The van der Waals surface area contributed by atoms with Crippen molar-refractivity contribution < 1.29 is 53.1 Å². The molecule has 1 aromatic rings. The van der Waals surface area contributed by atoms with Crippen LogP contribution in [0, 0.1) is 11.8 Å². The average Bonchev–Trinajstić information content (AvgIpc) is 3.38. The summed E-state index contributed by atoms with van der Waals surface area (Å²) in [5.74, 6) is -7.56. The normalized spacial score (nSPS) is 18.1. The zero-order chi connectivity index (χ0) is 57.8. The molecule has 26 heteroatoms. The number of rotatable bonds is 34. The summed E-state index contributed by atoms with van der Waals surface area (Å²) in [6.45, 7) is 9.65. The third-order valence-corrected chi connectivity index (χ3v) is 12.9. The maximum Gasteiger partial charge on any atom is 0.245 e. The maximum absolute atomic E-state index is 14.4. The van der Waals surface area contributed by atoms with Crippen LogP contribution in [0.4, 0.5) is 0 Å². The van der Waals surface area contributed by atoms with E-state index in [2.05, 4.69) is 53.2 Å². The summed E-state index contributed by atoms with van der Waals surface area (Å²) in [5, 5.41) is 36.3. The summed E-state index contributed by atoms with van der Waals surface area (Å²) in [5.41, 5.74) is 29.8. The van der Waals surface area contributed by atoms with Crippen LogP contribution in [0.2, 0.25) is 0 Å². The maximum atomic E-state index is 14.4. The van der Waals surface area contributed by atoms with Crippen LogP contribution >= 0.6 is 0 Å². The topological polar surface area (TPSA) is 441 Å². The molecule has 10 amide bonds. The van der Waals surface area contributed by atoms with Gasteiger partial charge in [0.15, 0.2) is 0 Å². The average molecular weight is 1090 g/mol. The molecule has 0 bridgehead atoms. The number of aliphatic hydroxyl groups is 1. The van der Waals surface area contributed by atoms with Crippen molar-refractivity contribution in [2.75, 3.05) is 32.7 Å². The molecule has 2 rings (SSSR count). The molecule has 1 saturated carbocycles. The van der Waals surface area contributed by atoms with Gasteiger partial charge < -0.3 is 86.9 Å². The molecule has 0 radical (unpaired) electrons. The van der Waals surface area contributed by atoms with Gasteiger partial charge in [0.1, 0.15) is 54.4 Å². The molecule has 1 aromatic carbocycles. The minimum absolute atomic E-state index is 0.00906. The Bertz CT molecular complexity index is 2080. The molecule has 21 N–H and O–H groups in total. The monoisotopic (exact) mass is 1090 g/mol. The Hall–Kier alpha value is -6.32. The van der Waals surface area contributed by atoms with Gasteiger partial charge in [0.2, 0.25) is 59.1 Å². The molecule has 1 aliphatic carbocycles. The van der Waals surface area contributed by atoms with E-state index in [1.54, 1.807) is 51.1 Å². The van der Waals surface area contributed by atoms with E-state index in [0.717, 1.165) is 0 Å². The van der Waals surface area contributed by atoms with Gasteiger partial charge >= 0.3 is 0 Å². The van der Waals surface area contributed by atoms with Crippen molar-refractivity contribution in [3.05, 3.63) is 35.9 Å². The van der Waals surface area contributed by atoms with E-state index < -0.39 is 114 Å². The van der Waals surface area contributed by atoms with Crippen LogP contribution in [0.3, 0.4) is 0 Å². The lowest BCUT2D eigenvalue weighted by Gasteiger charge is -2.28. The highest BCUT2D eigenvalue weighted by atomic mass is 16.3. The van der Waals surface area contributed by atoms with Crippen LogP contribution in [0.15, 0.2) is 30.3 Å². The second-order valence-electron chi connectivity index (χ2n) is 20.0. The number of hydrogen-bond acceptors (Lipinski definition) is 16. The third-order valence-electron chi connectivity index (χ3n) is 12.9. The molecule has 1 aliphatic rings. The zero-order valence-corrected chi connectivity index (χ0v) is 45.6.